The minimum absolute atomic E-state index is 0.174. The fourth-order valence-electron chi connectivity index (χ4n) is 2.16. The molecule has 2 aromatic rings. The van der Waals surface area contributed by atoms with E-state index >= 15 is 0 Å². The van der Waals surface area contributed by atoms with E-state index in [9.17, 15) is 10.1 Å². The van der Waals surface area contributed by atoms with Gasteiger partial charge in [0.1, 0.15) is 0 Å². The Morgan fingerprint density at radius 2 is 1.95 bits per heavy atom. The molecule has 0 aliphatic carbocycles. The van der Waals surface area contributed by atoms with Crippen LogP contribution in [0.1, 0.15) is 23.6 Å². The van der Waals surface area contributed by atoms with E-state index in [1.807, 2.05) is 24.3 Å². The number of nitro groups is 1. The molecule has 4 nitrogen and oxygen atoms in total. The lowest BCUT2D eigenvalue weighted by molar-refractivity contribution is -0.385. The Balaban J connectivity index is 2.15. The number of anilines is 1. The van der Waals surface area contributed by atoms with Gasteiger partial charge < -0.3 is 5.32 Å². The zero-order valence-corrected chi connectivity index (χ0v) is 11.7. The molecule has 2 aromatic carbocycles. The molecule has 104 valence electrons. The summed E-state index contributed by atoms with van der Waals surface area (Å²) in [6.45, 7) is 4.44. The molecule has 2 rings (SSSR count). The molecule has 0 atom stereocenters. The summed E-state index contributed by atoms with van der Waals surface area (Å²) in [5.74, 6) is 0. The minimum Gasteiger partial charge on any atom is -0.381 e. The van der Waals surface area contributed by atoms with Crippen LogP contribution in [-0.2, 0) is 13.0 Å². The number of hydrogen-bond acceptors (Lipinski definition) is 3. The van der Waals surface area contributed by atoms with E-state index in [4.69, 9.17) is 0 Å². The molecule has 0 unspecified atom stereocenters. The van der Waals surface area contributed by atoms with Gasteiger partial charge in [-0.25, -0.2) is 0 Å². The summed E-state index contributed by atoms with van der Waals surface area (Å²) < 4.78 is 0. The second kappa shape index (κ2) is 6.19. The van der Waals surface area contributed by atoms with Gasteiger partial charge in [0.05, 0.1) is 4.92 Å². The van der Waals surface area contributed by atoms with Crippen molar-refractivity contribution in [1.82, 2.24) is 0 Å². The predicted octanol–water partition coefficient (Wildman–Crippen LogP) is 4.08. The third-order valence-corrected chi connectivity index (χ3v) is 3.35. The summed E-state index contributed by atoms with van der Waals surface area (Å²) in [5, 5.41) is 14.3. The lowest BCUT2D eigenvalue weighted by Crippen LogP contribution is -2.03. The Morgan fingerprint density at radius 1 is 1.20 bits per heavy atom. The van der Waals surface area contributed by atoms with Crippen LogP contribution < -0.4 is 5.32 Å². The first kappa shape index (κ1) is 14.1. The standard InChI is InChI=1S/C16H18N2O2/c1-3-14-6-4-5-7-15(14)17-11-13-9-8-12(2)16(10-13)18(19)20/h4-10,17H,3,11H2,1-2H3. The molecule has 0 saturated heterocycles. The zero-order chi connectivity index (χ0) is 14.5. The average molecular weight is 270 g/mol. The minimum atomic E-state index is -0.335. The van der Waals surface area contributed by atoms with Crippen molar-refractivity contribution < 1.29 is 4.92 Å². The molecule has 0 radical (unpaired) electrons. The molecule has 0 aliphatic rings. The lowest BCUT2D eigenvalue weighted by Gasteiger charge is -2.11. The maximum absolute atomic E-state index is 10.9. The number of rotatable bonds is 5. The van der Waals surface area contributed by atoms with E-state index in [2.05, 4.69) is 18.3 Å². The highest BCUT2D eigenvalue weighted by Gasteiger charge is 2.10. The van der Waals surface area contributed by atoms with Crippen molar-refractivity contribution in [2.75, 3.05) is 5.32 Å². The summed E-state index contributed by atoms with van der Waals surface area (Å²) in [5.41, 5.74) is 4.10. The Kier molecular flexibility index (Phi) is 4.35. The van der Waals surface area contributed by atoms with Crippen LogP contribution in [-0.4, -0.2) is 4.92 Å². The highest BCUT2D eigenvalue weighted by molar-refractivity contribution is 5.52. The number of hydrogen-bond donors (Lipinski definition) is 1. The van der Waals surface area contributed by atoms with Crippen molar-refractivity contribution in [3.05, 3.63) is 69.3 Å². The van der Waals surface area contributed by atoms with E-state index in [0.717, 1.165) is 17.7 Å². The van der Waals surface area contributed by atoms with Crippen LogP contribution >= 0.6 is 0 Å². The Bertz CT molecular complexity index is 624. The van der Waals surface area contributed by atoms with Crippen molar-refractivity contribution in [3.63, 3.8) is 0 Å². The molecule has 0 aromatic heterocycles. The third-order valence-electron chi connectivity index (χ3n) is 3.35. The number of nitro benzene ring substituents is 1. The van der Waals surface area contributed by atoms with Crippen molar-refractivity contribution in [1.29, 1.82) is 0 Å². The monoisotopic (exact) mass is 270 g/mol. The summed E-state index contributed by atoms with van der Waals surface area (Å²) in [7, 11) is 0. The van der Waals surface area contributed by atoms with Crippen LogP contribution in [0.5, 0.6) is 0 Å². The van der Waals surface area contributed by atoms with E-state index < -0.39 is 0 Å². The highest BCUT2D eigenvalue weighted by Crippen LogP contribution is 2.21. The van der Waals surface area contributed by atoms with Gasteiger partial charge in [0, 0.05) is 23.9 Å². The van der Waals surface area contributed by atoms with Crippen LogP contribution in [0, 0.1) is 17.0 Å². The van der Waals surface area contributed by atoms with Crippen LogP contribution in [0.4, 0.5) is 11.4 Å². The summed E-state index contributed by atoms with van der Waals surface area (Å²) in [6, 6.07) is 13.5. The van der Waals surface area contributed by atoms with Crippen LogP contribution in [0.15, 0.2) is 42.5 Å². The Hall–Kier alpha value is -2.36. The molecule has 4 heteroatoms. The zero-order valence-electron chi connectivity index (χ0n) is 11.7. The molecule has 20 heavy (non-hydrogen) atoms. The number of benzene rings is 2. The van der Waals surface area contributed by atoms with E-state index in [1.165, 1.54) is 5.56 Å². The topological polar surface area (TPSA) is 55.2 Å². The lowest BCUT2D eigenvalue weighted by atomic mass is 10.1. The molecule has 0 bridgehead atoms. The molecule has 0 spiro atoms. The van der Waals surface area contributed by atoms with Gasteiger partial charge in [0.2, 0.25) is 0 Å². The normalized spacial score (nSPS) is 10.3. The SMILES string of the molecule is CCc1ccccc1NCc1ccc(C)c([N+](=O)[O-])c1. The highest BCUT2D eigenvalue weighted by atomic mass is 16.6. The maximum atomic E-state index is 10.9. The Labute approximate surface area is 118 Å². The summed E-state index contributed by atoms with van der Waals surface area (Å²) >= 11 is 0. The van der Waals surface area contributed by atoms with Crippen LogP contribution in [0.3, 0.4) is 0 Å². The molecule has 0 fully saturated rings. The Morgan fingerprint density at radius 3 is 2.65 bits per heavy atom. The van der Waals surface area contributed by atoms with Gasteiger partial charge in [0.15, 0.2) is 0 Å². The van der Waals surface area contributed by atoms with Gasteiger partial charge in [-0.3, -0.25) is 10.1 Å². The maximum Gasteiger partial charge on any atom is 0.272 e. The first-order chi connectivity index (χ1) is 9.61. The average Bonchev–Trinajstić information content (AvgIpc) is 2.46. The van der Waals surface area contributed by atoms with Gasteiger partial charge >= 0.3 is 0 Å². The van der Waals surface area contributed by atoms with Crippen molar-refractivity contribution in [2.45, 2.75) is 26.8 Å². The molecular formula is C16H18N2O2. The van der Waals surface area contributed by atoms with E-state index in [-0.39, 0.29) is 10.6 Å². The fourth-order valence-corrected chi connectivity index (χ4v) is 2.16. The molecule has 0 heterocycles. The van der Waals surface area contributed by atoms with Gasteiger partial charge in [-0.15, -0.1) is 0 Å². The van der Waals surface area contributed by atoms with Crippen LogP contribution in [0.2, 0.25) is 0 Å². The molecule has 0 amide bonds. The number of nitrogens with one attached hydrogen (secondary N) is 1. The van der Waals surface area contributed by atoms with Gasteiger partial charge in [0.25, 0.3) is 5.69 Å². The predicted molar refractivity (Wildman–Crippen MR) is 81.0 cm³/mol. The first-order valence-electron chi connectivity index (χ1n) is 6.67. The van der Waals surface area contributed by atoms with E-state index in [0.29, 0.717) is 12.1 Å². The molecular weight excluding hydrogens is 252 g/mol. The second-order valence-corrected chi connectivity index (χ2v) is 4.74. The van der Waals surface area contributed by atoms with Crippen molar-refractivity contribution in [3.8, 4) is 0 Å². The van der Waals surface area contributed by atoms with Gasteiger partial charge in [-0.05, 0) is 30.5 Å². The summed E-state index contributed by atoms with van der Waals surface area (Å²) in [6.07, 6.45) is 0.956. The van der Waals surface area contributed by atoms with Crippen LogP contribution in [0.25, 0.3) is 0 Å². The second-order valence-electron chi connectivity index (χ2n) is 4.74. The summed E-state index contributed by atoms with van der Waals surface area (Å²) in [4.78, 5) is 10.6. The number of aryl methyl sites for hydroxylation is 2. The van der Waals surface area contributed by atoms with Crippen molar-refractivity contribution in [2.24, 2.45) is 0 Å². The quantitative estimate of drug-likeness (QED) is 0.658. The number of nitrogens with zero attached hydrogens (tertiary/aromatic N) is 1. The molecule has 1 N–H and O–H groups in total. The smallest absolute Gasteiger partial charge is 0.272 e. The largest absolute Gasteiger partial charge is 0.381 e. The number of para-hydroxylation sites is 1. The van der Waals surface area contributed by atoms with Gasteiger partial charge in [-0.2, -0.15) is 0 Å². The van der Waals surface area contributed by atoms with E-state index in [1.54, 1.807) is 19.1 Å². The van der Waals surface area contributed by atoms with Gasteiger partial charge in [-0.1, -0.05) is 37.3 Å². The van der Waals surface area contributed by atoms with Crippen molar-refractivity contribution >= 4 is 11.4 Å². The third kappa shape index (κ3) is 3.15. The first-order valence-corrected chi connectivity index (χ1v) is 6.67. The molecule has 0 aliphatic heterocycles. The molecule has 0 saturated carbocycles. The fraction of sp³-hybridized carbons (Fsp3) is 0.250.